The molecule has 0 heterocycles. The molecule has 2 rings (SSSR count). The van der Waals surface area contributed by atoms with Crippen molar-refractivity contribution in [3.63, 3.8) is 0 Å². The van der Waals surface area contributed by atoms with Gasteiger partial charge >= 0.3 is 0 Å². The van der Waals surface area contributed by atoms with E-state index >= 15 is 0 Å². The van der Waals surface area contributed by atoms with Gasteiger partial charge in [-0.2, -0.15) is 0 Å². The van der Waals surface area contributed by atoms with Gasteiger partial charge in [-0.15, -0.1) is 0 Å². The predicted octanol–water partition coefficient (Wildman–Crippen LogP) is 2.38. The van der Waals surface area contributed by atoms with Gasteiger partial charge in [0.15, 0.2) is 0 Å². The average molecular weight is 261 g/mol. The standard InChI is InChI=1S/C16H23NO2/c1-12(6-5-11-18)17-16(19)15-10-4-8-13-7-2-3-9-14(13)15/h2-3,7,9,12,15,18H,4-6,8,10-11H2,1H3,(H,17,19). The first-order chi connectivity index (χ1) is 9.22. The van der Waals surface area contributed by atoms with Gasteiger partial charge in [-0.25, -0.2) is 0 Å². The molecule has 19 heavy (non-hydrogen) atoms. The van der Waals surface area contributed by atoms with Crippen LogP contribution in [0, 0.1) is 0 Å². The summed E-state index contributed by atoms with van der Waals surface area (Å²) in [4.78, 5) is 12.4. The predicted molar refractivity (Wildman–Crippen MR) is 76.0 cm³/mol. The van der Waals surface area contributed by atoms with Gasteiger partial charge in [0.2, 0.25) is 5.91 Å². The Kier molecular flexibility index (Phi) is 4.97. The van der Waals surface area contributed by atoms with Crippen molar-refractivity contribution in [3.05, 3.63) is 35.4 Å². The van der Waals surface area contributed by atoms with Crippen molar-refractivity contribution in [3.8, 4) is 0 Å². The number of hydrogen-bond donors (Lipinski definition) is 2. The van der Waals surface area contributed by atoms with Crippen molar-refractivity contribution in [2.24, 2.45) is 0 Å². The van der Waals surface area contributed by atoms with Crippen LogP contribution < -0.4 is 5.32 Å². The third-order valence-corrected chi connectivity index (χ3v) is 3.87. The van der Waals surface area contributed by atoms with Gasteiger partial charge in [-0.05, 0) is 50.2 Å². The minimum atomic E-state index is 0.00141. The fourth-order valence-corrected chi connectivity index (χ4v) is 2.84. The molecule has 0 aliphatic heterocycles. The fraction of sp³-hybridized carbons (Fsp3) is 0.562. The van der Waals surface area contributed by atoms with Crippen LogP contribution >= 0.6 is 0 Å². The second kappa shape index (κ2) is 6.71. The number of benzene rings is 1. The number of rotatable bonds is 5. The van der Waals surface area contributed by atoms with E-state index in [1.54, 1.807) is 0 Å². The Hall–Kier alpha value is -1.35. The average Bonchev–Trinajstić information content (AvgIpc) is 2.44. The molecule has 1 amide bonds. The summed E-state index contributed by atoms with van der Waals surface area (Å²) in [6.07, 6.45) is 4.68. The van der Waals surface area contributed by atoms with Crippen LogP contribution in [0.15, 0.2) is 24.3 Å². The molecule has 0 bridgehead atoms. The number of aliphatic hydroxyl groups is 1. The Morgan fingerprint density at radius 1 is 1.47 bits per heavy atom. The van der Waals surface area contributed by atoms with Gasteiger partial charge in [0.05, 0.1) is 5.92 Å². The highest BCUT2D eigenvalue weighted by Gasteiger charge is 2.26. The van der Waals surface area contributed by atoms with E-state index in [9.17, 15) is 4.79 Å². The van der Waals surface area contributed by atoms with E-state index in [-0.39, 0.29) is 24.5 Å². The van der Waals surface area contributed by atoms with Crippen LogP contribution in [0.4, 0.5) is 0 Å². The summed E-state index contributed by atoms with van der Waals surface area (Å²) in [5.41, 5.74) is 2.51. The second-order valence-corrected chi connectivity index (χ2v) is 5.42. The van der Waals surface area contributed by atoms with Crippen molar-refractivity contribution in [1.29, 1.82) is 0 Å². The number of carbonyl (C=O) groups is 1. The molecule has 3 heteroatoms. The van der Waals surface area contributed by atoms with Gasteiger partial charge in [0, 0.05) is 12.6 Å². The monoisotopic (exact) mass is 261 g/mol. The minimum Gasteiger partial charge on any atom is -0.396 e. The van der Waals surface area contributed by atoms with Gasteiger partial charge < -0.3 is 10.4 Å². The fourth-order valence-electron chi connectivity index (χ4n) is 2.84. The van der Waals surface area contributed by atoms with Gasteiger partial charge in [-0.1, -0.05) is 24.3 Å². The number of aryl methyl sites for hydroxylation is 1. The smallest absolute Gasteiger partial charge is 0.227 e. The number of amides is 1. The molecule has 1 aromatic rings. The maximum atomic E-state index is 12.4. The Morgan fingerprint density at radius 2 is 2.26 bits per heavy atom. The van der Waals surface area contributed by atoms with E-state index in [1.165, 1.54) is 11.1 Å². The summed E-state index contributed by atoms with van der Waals surface area (Å²) < 4.78 is 0. The lowest BCUT2D eigenvalue weighted by Gasteiger charge is -2.26. The molecule has 2 N–H and O–H groups in total. The number of hydrogen-bond acceptors (Lipinski definition) is 2. The lowest BCUT2D eigenvalue weighted by Crippen LogP contribution is -2.37. The van der Waals surface area contributed by atoms with Crippen LogP contribution in [0.5, 0.6) is 0 Å². The van der Waals surface area contributed by atoms with Gasteiger partial charge in [-0.3, -0.25) is 4.79 Å². The van der Waals surface area contributed by atoms with E-state index in [2.05, 4.69) is 17.4 Å². The number of aliphatic hydroxyl groups excluding tert-OH is 1. The number of carbonyl (C=O) groups excluding carboxylic acids is 1. The van der Waals surface area contributed by atoms with Crippen LogP contribution in [-0.2, 0) is 11.2 Å². The molecule has 1 aliphatic rings. The van der Waals surface area contributed by atoms with E-state index in [0.29, 0.717) is 0 Å². The molecule has 2 atom stereocenters. The van der Waals surface area contributed by atoms with Crippen LogP contribution in [0.3, 0.4) is 0 Å². The topological polar surface area (TPSA) is 49.3 Å². The zero-order valence-corrected chi connectivity index (χ0v) is 11.6. The molecule has 104 valence electrons. The molecule has 0 aromatic heterocycles. The maximum absolute atomic E-state index is 12.4. The first-order valence-electron chi connectivity index (χ1n) is 7.21. The molecule has 1 aliphatic carbocycles. The molecule has 1 aromatic carbocycles. The molecule has 0 radical (unpaired) electrons. The Labute approximate surface area is 115 Å². The maximum Gasteiger partial charge on any atom is 0.227 e. The number of fused-ring (bicyclic) bond motifs is 1. The molecular formula is C16H23NO2. The Bertz CT molecular complexity index is 431. The lowest BCUT2D eigenvalue weighted by molar-refractivity contribution is -0.123. The van der Waals surface area contributed by atoms with Crippen LogP contribution in [0.25, 0.3) is 0 Å². The molecule has 0 saturated heterocycles. The quantitative estimate of drug-likeness (QED) is 0.855. The van der Waals surface area contributed by atoms with E-state index < -0.39 is 0 Å². The zero-order valence-electron chi connectivity index (χ0n) is 11.6. The largest absolute Gasteiger partial charge is 0.396 e. The zero-order chi connectivity index (χ0) is 13.7. The van der Waals surface area contributed by atoms with E-state index in [1.807, 2.05) is 19.1 Å². The van der Waals surface area contributed by atoms with Crippen molar-refractivity contribution in [2.75, 3.05) is 6.61 Å². The highest BCUT2D eigenvalue weighted by atomic mass is 16.2. The molecular weight excluding hydrogens is 238 g/mol. The normalized spacial score (nSPS) is 19.6. The third-order valence-electron chi connectivity index (χ3n) is 3.87. The SMILES string of the molecule is CC(CCCO)NC(=O)C1CCCc2ccccc21. The first-order valence-corrected chi connectivity index (χ1v) is 7.21. The van der Waals surface area contributed by atoms with E-state index in [0.717, 1.165) is 32.1 Å². The third kappa shape index (κ3) is 3.57. The Morgan fingerprint density at radius 3 is 3.05 bits per heavy atom. The molecule has 2 unspecified atom stereocenters. The molecule has 0 saturated carbocycles. The molecule has 0 spiro atoms. The van der Waals surface area contributed by atoms with Gasteiger partial charge in [0.1, 0.15) is 0 Å². The summed E-state index contributed by atoms with van der Waals surface area (Å²) in [6.45, 7) is 2.19. The van der Waals surface area contributed by atoms with Crippen molar-refractivity contribution < 1.29 is 9.90 Å². The lowest BCUT2D eigenvalue weighted by atomic mass is 9.82. The second-order valence-electron chi connectivity index (χ2n) is 5.42. The summed E-state index contributed by atoms with van der Waals surface area (Å²) in [6, 6.07) is 8.40. The van der Waals surface area contributed by atoms with Crippen LogP contribution in [0.2, 0.25) is 0 Å². The highest BCUT2D eigenvalue weighted by Crippen LogP contribution is 2.31. The van der Waals surface area contributed by atoms with Crippen molar-refractivity contribution in [2.45, 2.75) is 51.0 Å². The Balaban J connectivity index is 2.00. The summed E-state index contributed by atoms with van der Waals surface area (Å²) in [5.74, 6) is 0.138. The highest BCUT2D eigenvalue weighted by molar-refractivity contribution is 5.84. The number of nitrogens with one attached hydrogen (secondary N) is 1. The molecule has 3 nitrogen and oxygen atoms in total. The van der Waals surface area contributed by atoms with E-state index in [4.69, 9.17) is 5.11 Å². The van der Waals surface area contributed by atoms with Gasteiger partial charge in [0.25, 0.3) is 0 Å². The van der Waals surface area contributed by atoms with Crippen LogP contribution in [0.1, 0.15) is 49.7 Å². The first kappa shape index (κ1) is 14.1. The van der Waals surface area contributed by atoms with Crippen molar-refractivity contribution >= 4 is 5.91 Å². The molecule has 0 fully saturated rings. The summed E-state index contributed by atoms with van der Waals surface area (Å²) in [5, 5.41) is 11.9. The van der Waals surface area contributed by atoms with Crippen molar-refractivity contribution in [1.82, 2.24) is 5.32 Å². The minimum absolute atomic E-state index is 0.00141. The van der Waals surface area contributed by atoms with Crippen LogP contribution in [-0.4, -0.2) is 23.7 Å². The summed E-state index contributed by atoms with van der Waals surface area (Å²) in [7, 11) is 0. The summed E-state index contributed by atoms with van der Waals surface area (Å²) >= 11 is 0.